The largest absolute Gasteiger partial charge is 0.310 e. The van der Waals surface area contributed by atoms with E-state index in [1.165, 1.54) is 11.3 Å². The molecule has 0 amide bonds. The maximum Gasteiger partial charge on any atom is 0.0790 e. The number of fused-ring (bicyclic) bond motifs is 1. The summed E-state index contributed by atoms with van der Waals surface area (Å²) in [4.78, 5) is 0. The van der Waals surface area contributed by atoms with E-state index >= 15 is 0 Å². The van der Waals surface area contributed by atoms with Crippen LogP contribution in [0.25, 0.3) is 5.69 Å². The van der Waals surface area contributed by atoms with E-state index in [9.17, 15) is 0 Å². The van der Waals surface area contributed by atoms with Crippen molar-refractivity contribution in [1.82, 2.24) is 15.1 Å². The first kappa shape index (κ1) is 14.8. The second-order valence-electron chi connectivity index (χ2n) is 6.57. The van der Waals surface area contributed by atoms with Gasteiger partial charge < -0.3 is 5.32 Å². The summed E-state index contributed by atoms with van der Waals surface area (Å²) in [5.41, 5.74) is 4.10. The molecule has 112 valence electrons. The monoisotopic (exact) mass is 347 g/mol. The molecule has 1 aliphatic rings. The van der Waals surface area contributed by atoms with Gasteiger partial charge >= 0.3 is 0 Å². The number of nitrogens with zero attached hydrogens (tertiary/aromatic N) is 2. The minimum Gasteiger partial charge on any atom is -0.310 e. The number of rotatable bonds is 3. The van der Waals surface area contributed by atoms with Crippen LogP contribution < -0.4 is 5.32 Å². The molecule has 1 heterocycles. The summed E-state index contributed by atoms with van der Waals surface area (Å²) >= 11 is 3.64. The Balaban J connectivity index is 2.09. The second-order valence-corrected chi connectivity index (χ2v) is 7.42. The first-order valence-electron chi connectivity index (χ1n) is 7.57. The first-order chi connectivity index (χ1) is 10.0. The number of benzene rings is 1. The van der Waals surface area contributed by atoms with E-state index in [4.69, 9.17) is 0 Å². The standard InChI is InChI=1S/C17H22BrN3/c1-4-19-14-9-17(2,3)10-16-12(14)11-20-21(16)15-8-6-5-7-13(15)18/h5-8,11,14,19H,4,9-10H2,1-3H3. The summed E-state index contributed by atoms with van der Waals surface area (Å²) in [7, 11) is 0. The van der Waals surface area contributed by atoms with Crippen molar-refractivity contribution < 1.29 is 0 Å². The minimum atomic E-state index is 0.291. The summed E-state index contributed by atoms with van der Waals surface area (Å²) in [5.74, 6) is 0. The van der Waals surface area contributed by atoms with Crippen molar-refractivity contribution in [2.24, 2.45) is 5.41 Å². The molecule has 3 nitrogen and oxygen atoms in total. The Morgan fingerprint density at radius 1 is 1.38 bits per heavy atom. The predicted molar refractivity (Wildman–Crippen MR) is 89.8 cm³/mol. The van der Waals surface area contributed by atoms with Gasteiger partial charge in [0.1, 0.15) is 0 Å². The van der Waals surface area contributed by atoms with Gasteiger partial charge in [-0.25, -0.2) is 4.68 Å². The lowest BCUT2D eigenvalue weighted by Crippen LogP contribution is -2.33. The first-order valence-corrected chi connectivity index (χ1v) is 8.36. The van der Waals surface area contributed by atoms with Gasteiger partial charge in [-0.05, 0) is 52.9 Å². The van der Waals surface area contributed by atoms with Gasteiger partial charge in [0.2, 0.25) is 0 Å². The zero-order chi connectivity index (χ0) is 15.0. The van der Waals surface area contributed by atoms with Crippen LogP contribution in [-0.4, -0.2) is 16.3 Å². The lowest BCUT2D eigenvalue weighted by molar-refractivity contribution is 0.255. The molecule has 0 fully saturated rings. The topological polar surface area (TPSA) is 29.9 Å². The number of para-hydroxylation sites is 1. The molecule has 1 aromatic heterocycles. The minimum absolute atomic E-state index is 0.291. The molecule has 1 unspecified atom stereocenters. The smallest absolute Gasteiger partial charge is 0.0790 e. The fourth-order valence-corrected chi connectivity index (χ4v) is 3.75. The Kier molecular flexibility index (Phi) is 3.93. The number of hydrogen-bond acceptors (Lipinski definition) is 2. The molecule has 1 atom stereocenters. The Labute approximate surface area is 134 Å². The van der Waals surface area contributed by atoms with Crippen LogP contribution in [0.3, 0.4) is 0 Å². The van der Waals surface area contributed by atoms with Crippen molar-refractivity contribution in [3.63, 3.8) is 0 Å². The van der Waals surface area contributed by atoms with Crippen molar-refractivity contribution in [2.75, 3.05) is 6.54 Å². The Morgan fingerprint density at radius 3 is 2.86 bits per heavy atom. The van der Waals surface area contributed by atoms with Crippen LogP contribution in [0.5, 0.6) is 0 Å². The van der Waals surface area contributed by atoms with Gasteiger partial charge in [-0.2, -0.15) is 5.10 Å². The van der Waals surface area contributed by atoms with Crippen LogP contribution >= 0.6 is 15.9 Å². The summed E-state index contributed by atoms with van der Waals surface area (Å²) in [6.07, 6.45) is 4.26. The van der Waals surface area contributed by atoms with E-state index in [2.05, 4.69) is 70.0 Å². The van der Waals surface area contributed by atoms with Crippen LogP contribution in [-0.2, 0) is 6.42 Å². The summed E-state index contributed by atoms with van der Waals surface area (Å²) in [6, 6.07) is 8.68. The molecule has 4 heteroatoms. The fourth-order valence-electron chi connectivity index (χ4n) is 3.30. The van der Waals surface area contributed by atoms with Crippen molar-refractivity contribution in [3.8, 4) is 5.69 Å². The quantitative estimate of drug-likeness (QED) is 0.898. The van der Waals surface area contributed by atoms with Gasteiger partial charge in [0.05, 0.1) is 11.9 Å². The molecule has 0 spiro atoms. The fraction of sp³-hybridized carbons (Fsp3) is 0.471. The van der Waals surface area contributed by atoms with E-state index < -0.39 is 0 Å². The van der Waals surface area contributed by atoms with Gasteiger partial charge in [0, 0.05) is 21.8 Å². The van der Waals surface area contributed by atoms with E-state index in [0.29, 0.717) is 11.5 Å². The van der Waals surface area contributed by atoms with Gasteiger partial charge in [-0.3, -0.25) is 0 Å². The third kappa shape index (κ3) is 2.79. The van der Waals surface area contributed by atoms with Gasteiger partial charge in [0.15, 0.2) is 0 Å². The highest BCUT2D eigenvalue weighted by atomic mass is 79.9. The molecule has 1 aromatic carbocycles. The van der Waals surface area contributed by atoms with Gasteiger partial charge in [-0.15, -0.1) is 0 Å². The van der Waals surface area contributed by atoms with E-state index in [1.54, 1.807) is 0 Å². The van der Waals surface area contributed by atoms with Crippen molar-refractivity contribution in [2.45, 2.75) is 39.7 Å². The predicted octanol–water partition coefficient (Wildman–Crippen LogP) is 4.26. The Bertz CT molecular complexity index is 645. The Morgan fingerprint density at radius 2 is 2.14 bits per heavy atom. The van der Waals surface area contributed by atoms with Gasteiger partial charge in [0.25, 0.3) is 0 Å². The van der Waals surface area contributed by atoms with Crippen molar-refractivity contribution in [1.29, 1.82) is 0 Å². The van der Waals surface area contributed by atoms with Crippen LogP contribution in [0.4, 0.5) is 0 Å². The maximum atomic E-state index is 4.67. The Hall–Kier alpha value is -1.13. The molecule has 21 heavy (non-hydrogen) atoms. The van der Waals surface area contributed by atoms with E-state index in [0.717, 1.165) is 29.5 Å². The van der Waals surface area contributed by atoms with Crippen LogP contribution in [0.15, 0.2) is 34.9 Å². The third-order valence-electron chi connectivity index (χ3n) is 4.21. The molecule has 2 aromatic rings. The lowest BCUT2D eigenvalue weighted by Gasteiger charge is -2.36. The highest BCUT2D eigenvalue weighted by Gasteiger charge is 2.34. The second kappa shape index (κ2) is 5.58. The summed E-state index contributed by atoms with van der Waals surface area (Å²) in [6.45, 7) is 7.84. The van der Waals surface area contributed by atoms with Crippen LogP contribution in [0, 0.1) is 5.41 Å². The zero-order valence-corrected chi connectivity index (χ0v) is 14.4. The van der Waals surface area contributed by atoms with E-state index in [-0.39, 0.29) is 0 Å². The highest BCUT2D eigenvalue weighted by Crippen LogP contribution is 2.41. The lowest BCUT2D eigenvalue weighted by atomic mass is 9.74. The SMILES string of the molecule is CCNC1CC(C)(C)Cc2c1cnn2-c1ccccc1Br. The van der Waals surface area contributed by atoms with Crippen LogP contribution in [0.2, 0.25) is 0 Å². The number of nitrogens with one attached hydrogen (secondary N) is 1. The van der Waals surface area contributed by atoms with E-state index in [1.807, 2.05) is 12.3 Å². The summed E-state index contributed by atoms with van der Waals surface area (Å²) in [5, 5.41) is 8.28. The summed E-state index contributed by atoms with van der Waals surface area (Å²) < 4.78 is 3.18. The van der Waals surface area contributed by atoms with Crippen LogP contribution in [0.1, 0.15) is 44.5 Å². The molecule has 3 rings (SSSR count). The molecule has 0 bridgehead atoms. The normalized spacial score (nSPS) is 20.3. The number of aromatic nitrogens is 2. The molecular weight excluding hydrogens is 326 g/mol. The average molecular weight is 348 g/mol. The molecule has 0 radical (unpaired) electrons. The molecule has 1 N–H and O–H groups in total. The molecule has 0 saturated heterocycles. The maximum absolute atomic E-state index is 4.67. The van der Waals surface area contributed by atoms with Crippen molar-refractivity contribution in [3.05, 3.63) is 46.2 Å². The number of halogens is 1. The zero-order valence-electron chi connectivity index (χ0n) is 12.9. The highest BCUT2D eigenvalue weighted by molar-refractivity contribution is 9.10. The van der Waals surface area contributed by atoms with Crippen molar-refractivity contribution >= 4 is 15.9 Å². The molecule has 0 aliphatic heterocycles. The van der Waals surface area contributed by atoms with Gasteiger partial charge in [-0.1, -0.05) is 32.9 Å². The number of hydrogen-bond donors (Lipinski definition) is 1. The molecular formula is C17H22BrN3. The molecule has 0 saturated carbocycles. The molecule has 1 aliphatic carbocycles. The third-order valence-corrected chi connectivity index (χ3v) is 4.88. The average Bonchev–Trinajstić information content (AvgIpc) is 2.82.